The van der Waals surface area contributed by atoms with Gasteiger partial charge in [0.15, 0.2) is 0 Å². The lowest BCUT2D eigenvalue weighted by atomic mass is 10.1. The van der Waals surface area contributed by atoms with Crippen LogP contribution >= 0.6 is 0 Å². The maximum atomic E-state index is 6.01. The summed E-state index contributed by atoms with van der Waals surface area (Å²) < 4.78 is 0. The number of hydrogen-bond acceptors (Lipinski definition) is 4. The Balaban J connectivity index is 2.05. The number of benzene rings is 1. The van der Waals surface area contributed by atoms with Gasteiger partial charge in [0.2, 0.25) is 0 Å². The molecule has 0 fully saturated rings. The van der Waals surface area contributed by atoms with Gasteiger partial charge in [-0.25, -0.2) is 0 Å². The van der Waals surface area contributed by atoms with Crippen LogP contribution in [-0.4, -0.2) is 23.1 Å². The van der Waals surface area contributed by atoms with Gasteiger partial charge < -0.3 is 16.0 Å². The van der Waals surface area contributed by atoms with Gasteiger partial charge in [-0.3, -0.25) is 4.98 Å². The third-order valence-corrected chi connectivity index (χ3v) is 3.19. The van der Waals surface area contributed by atoms with Crippen LogP contribution in [0, 0.1) is 0 Å². The molecule has 0 aliphatic rings. The van der Waals surface area contributed by atoms with Crippen molar-refractivity contribution in [2.24, 2.45) is 0 Å². The van der Waals surface area contributed by atoms with E-state index < -0.39 is 0 Å². The Hall–Kier alpha value is -2.49. The lowest BCUT2D eigenvalue weighted by molar-refractivity contribution is 0.449. The van der Waals surface area contributed by atoms with Crippen molar-refractivity contribution in [3.63, 3.8) is 0 Å². The molecule has 104 valence electrons. The lowest BCUT2D eigenvalue weighted by Crippen LogP contribution is -2.27. The summed E-state index contributed by atoms with van der Waals surface area (Å²) in [7, 11) is 0. The van der Waals surface area contributed by atoms with Crippen LogP contribution in [0.3, 0.4) is 0 Å². The van der Waals surface area contributed by atoms with E-state index in [9.17, 15) is 0 Å². The molecule has 0 saturated carbocycles. The van der Waals surface area contributed by atoms with Gasteiger partial charge in [-0.15, -0.1) is 0 Å². The number of hydrogen-bond donors (Lipinski definition) is 2. The fourth-order valence-corrected chi connectivity index (χ4v) is 1.98. The molecule has 0 amide bonds. The van der Waals surface area contributed by atoms with E-state index in [4.69, 9.17) is 5.73 Å². The van der Waals surface area contributed by atoms with Crippen LogP contribution in [-0.2, 0) is 0 Å². The zero-order chi connectivity index (χ0) is 14.4. The van der Waals surface area contributed by atoms with Gasteiger partial charge in [0.1, 0.15) is 0 Å². The Morgan fingerprint density at radius 2 is 1.95 bits per heavy atom. The van der Waals surface area contributed by atoms with E-state index in [0.717, 1.165) is 29.2 Å². The van der Waals surface area contributed by atoms with Gasteiger partial charge in [-0.2, -0.15) is 0 Å². The fourth-order valence-electron chi connectivity index (χ4n) is 1.98. The first-order valence-corrected chi connectivity index (χ1v) is 6.65. The summed E-state index contributed by atoms with van der Waals surface area (Å²) in [6.07, 6.45) is 3.53. The smallest absolute Gasteiger partial charge is 0.0876 e. The molecular formula is C16H20N4. The van der Waals surface area contributed by atoms with Gasteiger partial charge >= 0.3 is 0 Å². The zero-order valence-corrected chi connectivity index (χ0v) is 11.7. The average molecular weight is 268 g/mol. The topological polar surface area (TPSA) is 54.2 Å². The van der Waals surface area contributed by atoms with Crippen LogP contribution in [0.5, 0.6) is 0 Å². The minimum absolute atomic E-state index is 0.674. The molecule has 20 heavy (non-hydrogen) atoms. The molecule has 3 N–H and O–H groups in total. The molecule has 2 aromatic rings. The Kier molecular flexibility index (Phi) is 4.60. The van der Waals surface area contributed by atoms with Gasteiger partial charge in [0.05, 0.1) is 6.67 Å². The number of nitrogens with two attached hydrogens (primary N) is 1. The first-order valence-electron chi connectivity index (χ1n) is 6.65. The average Bonchev–Trinajstić information content (AvgIpc) is 2.49. The standard InChI is InChI=1S/C16H20N4/c1-3-20(12-19-14-8-10-18-11-9-14)13(2)15-6-4-5-7-16(15)17/h4-11H,2-3,12,17H2,1H3,(H,18,19). The van der Waals surface area contributed by atoms with E-state index in [1.807, 2.05) is 36.4 Å². The van der Waals surface area contributed by atoms with Crippen LogP contribution in [0.1, 0.15) is 12.5 Å². The molecule has 1 heterocycles. The number of pyridine rings is 1. The minimum Gasteiger partial charge on any atom is -0.398 e. The summed E-state index contributed by atoms with van der Waals surface area (Å²) >= 11 is 0. The molecule has 0 bridgehead atoms. The Bertz CT molecular complexity index is 566. The molecule has 0 spiro atoms. The molecule has 0 radical (unpaired) electrons. The highest BCUT2D eigenvalue weighted by Crippen LogP contribution is 2.22. The van der Waals surface area contributed by atoms with Crippen LogP contribution in [0.15, 0.2) is 55.4 Å². The number of para-hydroxylation sites is 1. The summed E-state index contributed by atoms with van der Waals surface area (Å²) in [5.41, 5.74) is 9.69. The third-order valence-electron chi connectivity index (χ3n) is 3.19. The first-order chi connectivity index (χ1) is 9.72. The molecule has 1 aromatic heterocycles. The van der Waals surface area contributed by atoms with Crippen LogP contribution in [0.25, 0.3) is 5.70 Å². The summed E-state index contributed by atoms with van der Waals surface area (Å²) in [5.74, 6) is 0. The van der Waals surface area contributed by atoms with Crippen molar-refractivity contribution in [1.29, 1.82) is 0 Å². The Labute approximate surface area is 119 Å². The second-order valence-electron chi connectivity index (χ2n) is 4.46. The molecular weight excluding hydrogens is 248 g/mol. The zero-order valence-electron chi connectivity index (χ0n) is 11.7. The molecule has 0 aliphatic heterocycles. The van der Waals surface area contributed by atoms with E-state index in [0.29, 0.717) is 6.67 Å². The van der Waals surface area contributed by atoms with Gasteiger partial charge in [0.25, 0.3) is 0 Å². The summed E-state index contributed by atoms with van der Waals surface area (Å²) in [6.45, 7) is 7.79. The quantitative estimate of drug-likeness (QED) is 0.624. The van der Waals surface area contributed by atoms with Crippen LogP contribution in [0.4, 0.5) is 11.4 Å². The van der Waals surface area contributed by atoms with E-state index in [1.165, 1.54) is 0 Å². The Morgan fingerprint density at radius 1 is 1.25 bits per heavy atom. The molecule has 0 atom stereocenters. The largest absolute Gasteiger partial charge is 0.398 e. The van der Waals surface area contributed by atoms with Crippen LogP contribution < -0.4 is 11.1 Å². The summed E-state index contributed by atoms with van der Waals surface area (Å²) in [6, 6.07) is 11.7. The molecule has 4 heteroatoms. The normalized spacial score (nSPS) is 10.1. The fraction of sp³-hybridized carbons (Fsp3) is 0.188. The number of nitrogens with one attached hydrogen (secondary N) is 1. The Morgan fingerprint density at radius 3 is 2.60 bits per heavy atom. The number of aromatic nitrogens is 1. The lowest BCUT2D eigenvalue weighted by Gasteiger charge is -2.26. The highest BCUT2D eigenvalue weighted by molar-refractivity contribution is 5.72. The SMILES string of the molecule is C=C(c1ccccc1N)N(CC)CNc1ccncc1. The van der Waals surface area contributed by atoms with Gasteiger partial charge in [-0.05, 0) is 25.1 Å². The van der Waals surface area contributed by atoms with E-state index >= 15 is 0 Å². The number of nitrogens with zero attached hydrogens (tertiary/aromatic N) is 2. The third kappa shape index (κ3) is 3.29. The maximum Gasteiger partial charge on any atom is 0.0876 e. The van der Waals surface area contributed by atoms with Crippen molar-refractivity contribution in [1.82, 2.24) is 9.88 Å². The van der Waals surface area contributed by atoms with Crippen molar-refractivity contribution in [3.05, 3.63) is 60.9 Å². The maximum absolute atomic E-state index is 6.01. The summed E-state index contributed by atoms with van der Waals surface area (Å²) in [4.78, 5) is 6.14. The van der Waals surface area contributed by atoms with E-state index in [2.05, 4.69) is 28.7 Å². The molecule has 0 saturated heterocycles. The van der Waals surface area contributed by atoms with E-state index in [1.54, 1.807) is 12.4 Å². The second-order valence-corrected chi connectivity index (χ2v) is 4.46. The highest BCUT2D eigenvalue weighted by Gasteiger charge is 2.09. The van der Waals surface area contributed by atoms with Crippen molar-refractivity contribution in [2.45, 2.75) is 6.92 Å². The van der Waals surface area contributed by atoms with Crippen molar-refractivity contribution in [3.8, 4) is 0 Å². The van der Waals surface area contributed by atoms with Gasteiger partial charge in [-0.1, -0.05) is 24.8 Å². The van der Waals surface area contributed by atoms with Crippen molar-refractivity contribution >= 4 is 17.1 Å². The number of anilines is 2. The van der Waals surface area contributed by atoms with Gasteiger partial charge in [0, 0.05) is 41.6 Å². The number of rotatable bonds is 6. The molecule has 4 nitrogen and oxygen atoms in total. The first kappa shape index (κ1) is 13.9. The minimum atomic E-state index is 0.674. The molecule has 0 aliphatic carbocycles. The van der Waals surface area contributed by atoms with Crippen molar-refractivity contribution in [2.75, 3.05) is 24.3 Å². The molecule has 0 unspecified atom stereocenters. The number of nitrogen functional groups attached to an aromatic ring is 1. The molecule has 1 aromatic carbocycles. The highest BCUT2D eigenvalue weighted by atomic mass is 15.2. The van der Waals surface area contributed by atoms with E-state index in [-0.39, 0.29) is 0 Å². The predicted molar refractivity (Wildman–Crippen MR) is 85.0 cm³/mol. The summed E-state index contributed by atoms with van der Waals surface area (Å²) in [5, 5.41) is 3.35. The second kappa shape index (κ2) is 6.61. The van der Waals surface area contributed by atoms with Crippen LogP contribution in [0.2, 0.25) is 0 Å². The predicted octanol–water partition coefficient (Wildman–Crippen LogP) is 3.03. The van der Waals surface area contributed by atoms with Crippen molar-refractivity contribution < 1.29 is 0 Å². The monoisotopic (exact) mass is 268 g/mol. The molecule has 2 rings (SSSR count).